The number of alkyl halides is 3. The Kier molecular flexibility index (Phi) is 4.46. The fourth-order valence-electron chi connectivity index (χ4n) is 2.88. The minimum atomic E-state index is -4.70. The van der Waals surface area contributed by atoms with Crippen LogP contribution in [0.4, 0.5) is 13.2 Å². The van der Waals surface area contributed by atoms with Gasteiger partial charge in [0.05, 0.1) is 16.9 Å². The summed E-state index contributed by atoms with van der Waals surface area (Å²) in [5.74, 6) is -1.17. The SMILES string of the molecule is Cc1c(CC(=O)O)c2cccnc2n1S(=O)(=O)c1cccc(C(F)(F)F)c1. The van der Waals surface area contributed by atoms with E-state index in [0.29, 0.717) is 11.5 Å². The third-order valence-corrected chi connectivity index (χ3v) is 5.85. The number of carboxylic acids is 1. The summed E-state index contributed by atoms with van der Waals surface area (Å²) in [4.78, 5) is 14.6. The van der Waals surface area contributed by atoms with Crippen molar-refractivity contribution in [2.45, 2.75) is 24.4 Å². The van der Waals surface area contributed by atoms with Gasteiger partial charge < -0.3 is 5.11 Å². The summed E-state index contributed by atoms with van der Waals surface area (Å²) < 4.78 is 65.8. The van der Waals surface area contributed by atoms with Crippen LogP contribution in [0.25, 0.3) is 11.0 Å². The van der Waals surface area contributed by atoms with Crippen LogP contribution in [0.1, 0.15) is 16.8 Å². The predicted molar refractivity (Wildman–Crippen MR) is 89.8 cm³/mol. The summed E-state index contributed by atoms with van der Waals surface area (Å²) in [5, 5.41) is 9.41. The van der Waals surface area contributed by atoms with Crippen LogP contribution in [-0.2, 0) is 27.4 Å². The van der Waals surface area contributed by atoms with Gasteiger partial charge in [0.15, 0.2) is 5.65 Å². The summed E-state index contributed by atoms with van der Waals surface area (Å²) in [6.07, 6.45) is -3.82. The van der Waals surface area contributed by atoms with Gasteiger partial charge in [0.25, 0.3) is 10.0 Å². The number of hydrogen-bond acceptors (Lipinski definition) is 4. The van der Waals surface area contributed by atoms with E-state index in [1.807, 2.05) is 0 Å². The van der Waals surface area contributed by atoms with Gasteiger partial charge in [-0.05, 0) is 42.8 Å². The molecule has 0 spiro atoms. The molecule has 2 heterocycles. The van der Waals surface area contributed by atoms with Crippen LogP contribution in [0.2, 0.25) is 0 Å². The highest BCUT2D eigenvalue weighted by molar-refractivity contribution is 7.90. The minimum absolute atomic E-state index is 0.0383. The van der Waals surface area contributed by atoms with Crippen molar-refractivity contribution in [3.05, 3.63) is 59.4 Å². The second-order valence-electron chi connectivity index (χ2n) is 5.80. The Morgan fingerprint density at radius 2 is 1.93 bits per heavy atom. The topological polar surface area (TPSA) is 89.3 Å². The van der Waals surface area contributed by atoms with Crippen molar-refractivity contribution in [2.24, 2.45) is 0 Å². The van der Waals surface area contributed by atoms with Gasteiger partial charge in [-0.2, -0.15) is 13.2 Å². The molecule has 0 aliphatic carbocycles. The minimum Gasteiger partial charge on any atom is -0.481 e. The number of aromatic nitrogens is 2. The van der Waals surface area contributed by atoms with Gasteiger partial charge in [-0.3, -0.25) is 4.79 Å². The lowest BCUT2D eigenvalue weighted by Crippen LogP contribution is -2.16. The van der Waals surface area contributed by atoms with E-state index >= 15 is 0 Å². The molecule has 3 aromatic rings. The van der Waals surface area contributed by atoms with Gasteiger partial charge in [0.2, 0.25) is 0 Å². The van der Waals surface area contributed by atoms with Crippen molar-refractivity contribution in [1.82, 2.24) is 8.96 Å². The average Bonchev–Trinajstić information content (AvgIpc) is 2.86. The molecule has 0 saturated carbocycles. The van der Waals surface area contributed by atoms with E-state index in [1.54, 1.807) is 0 Å². The molecule has 27 heavy (non-hydrogen) atoms. The van der Waals surface area contributed by atoms with Crippen LogP contribution in [0, 0.1) is 6.92 Å². The average molecular weight is 398 g/mol. The molecule has 6 nitrogen and oxygen atoms in total. The number of fused-ring (bicyclic) bond motifs is 1. The van der Waals surface area contributed by atoms with Gasteiger partial charge in [-0.15, -0.1) is 0 Å². The molecule has 1 N–H and O–H groups in total. The molecule has 0 saturated heterocycles. The van der Waals surface area contributed by atoms with E-state index in [-0.39, 0.29) is 16.9 Å². The summed E-state index contributed by atoms with van der Waals surface area (Å²) in [5.41, 5.74) is -0.815. The number of pyridine rings is 1. The molecule has 0 aliphatic heterocycles. The second kappa shape index (κ2) is 6.38. The van der Waals surface area contributed by atoms with Gasteiger partial charge in [-0.25, -0.2) is 17.4 Å². The lowest BCUT2D eigenvalue weighted by atomic mass is 10.1. The second-order valence-corrected chi connectivity index (χ2v) is 7.59. The van der Waals surface area contributed by atoms with E-state index in [2.05, 4.69) is 4.98 Å². The fraction of sp³-hybridized carbons (Fsp3) is 0.176. The molecule has 0 radical (unpaired) electrons. The molecule has 0 fully saturated rings. The molecule has 1 aromatic carbocycles. The molecule has 0 bridgehead atoms. The monoisotopic (exact) mass is 398 g/mol. The van der Waals surface area contributed by atoms with Gasteiger partial charge in [0, 0.05) is 17.3 Å². The molecule has 0 atom stereocenters. The zero-order chi connectivity index (χ0) is 20.0. The van der Waals surface area contributed by atoms with Crippen LogP contribution < -0.4 is 0 Å². The number of rotatable bonds is 4. The predicted octanol–water partition coefficient (Wildman–Crippen LogP) is 3.23. The van der Waals surface area contributed by atoms with Gasteiger partial charge >= 0.3 is 12.1 Å². The van der Waals surface area contributed by atoms with Crippen molar-refractivity contribution in [2.75, 3.05) is 0 Å². The maximum atomic E-state index is 13.1. The Labute approximate surface area is 151 Å². The first-order valence-electron chi connectivity index (χ1n) is 7.63. The molecule has 0 amide bonds. The molecule has 3 rings (SSSR count). The van der Waals surface area contributed by atoms with Crippen LogP contribution >= 0.6 is 0 Å². The number of nitrogens with zero attached hydrogens (tertiary/aromatic N) is 2. The fourth-order valence-corrected chi connectivity index (χ4v) is 4.46. The molecule has 0 unspecified atom stereocenters. The van der Waals surface area contributed by atoms with Crippen LogP contribution in [0.5, 0.6) is 0 Å². The zero-order valence-corrected chi connectivity index (χ0v) is 14.7. The van der Waals surface area contributed by atoms with E-state index in [1.165, 1.54) is 25.3 Å². The Bertz CT molecular complexity index is 1150. The molecule has 2 aromatic heterocycles. The van der Waals surface area contributed by atoms with E-state index in [0.717, 1.165) is 22.2 Å². The smallest absolute Gasteiger partial charge is 0.416 e. The molecule has 10 heteroatoms. The largest absolute Gasteiger partial charge is 0.481 e. The number of aliphatic carboxylic acids is 1. The van der Waals surface area contributed by atoms with Crippen molar-refractivity contribution in [3.8, 4) is 0 Å². The summed E-state index contributed by atoms with van der Waals surface area (Å²) >= 11 is 0. The lowest BCUT2D eigenvalue weighted by Gasteiger charge is -2.12. The lowest BCUT2D eigenvalue weighted by molar-refractivity contribution is -0.138. The quantitative estimate of drug-likeness (QED) is 0.729. The van der Waals surface area contributed by atoms with E-state index in [9.17, 15) is 26.4 Å². The standard InChI is InChI=1S/C17H13F3N2O4S/c1-10-14(9-15(23)24)13-6-3-7-21-16(13)22(10)27(25,26)12-5-2-4-11(8-12)17(18,19)20/h2-8H,9H2,1H3,(H,23,24). The van der Waals surface area contributed by atoms with Crippen molar-refractivity contribution in [1.29, 1.82) is 0 Å². The molecule has 0 aliphatic rings. The third kappa shape index (κ3) is 3.27. The highest BCUT2D eigenvalue weighted by Gasteiger charge is 2.33. The van der Waals surface area contributed by atoms with Crippen LogP contribution in [0.15, 0.2) is 47.5 Å². The Balaban J connectivity index is 2.29. The first-order chi connectivity index (χ1) is 12.5. The van der Waals surface area contributed by atoms with Crippen LogP contribution in [-0.4, -0.2) is 28.5 Å². The maximum Gasteiger partial charge on any atom is 0.416 e. The van der Waals surface area contributed by atoms with Crippen molar-refractivity contribution in [3.63, 3.8) is 0 Å². The Hall–Kier alpha value is -2.88. The normalized spacial score (nSPS) is 12.4. The number of carbonyl (C=O) groups is 1. The molecular weight excluding hydrogens is 385 g/mol. The number of benzene rings is 1. The Morgan fingerprint density at radius 3 is 2.56 bits per heavy atom. The highest BCUT2D eigenvalue weighted by Crippen LogP contribution is 2.33. The first kappa shape index (κ1) is 18.9. The number of carboxylic acid groups (broad SMARTS) is 1. The third-order valence-electron chi connectivity index (χ3n) is 4.07. The van der Waals surface area contributed by atoms with Crippen molar-refractivity contribution < 1.29 is 31.5 Å². The number of halogens is 3. The molecular formula is C17H13F3N2O4S. The van der Waals surface area contributed by atoms with Gasteiger partial charge in [-0.1, -0.05) is 6.07 Å². The summed E-state index contributed by atoms with van der Waals surface area (Å²) in [7, 11) is -4.43. The summed E-state index contributed by atoms with van der Waals surface area (Å²) in [6, 6.07) is 6.41. The van der Waals surface area contributed by atoms with Crippen molar-refractivity contribution >= 4 is 27.0 Å². The summed E-state index contributed by atoms with van der Waals surface area (Å²) in [6.45, 7) is 1.39. The number of hydrogen-bond donors (Lipinski definition) is 1. The maximum absolute atomic E-state index is 13.1. The van der Waals surface area contributed by atoms with Gasteiger partial charge in [0.1, 0.15) is 0 Å². The highest BCUT2D eigenvalue weighted by atomic mass is 32.2. The Morgan fingerprint density at radius 1 is 1.22 bits per heavy atom. The van der Waals surface area contributed by atoms with E-state index in [4.69, 9.17) is 5.11 Å². The van der Waals surface area contributed by atoms with Crippen LogP contribution in [0.3, 0.4) is 0 Å². The van der Waals surface area contributed by atoms with E-state index < -0.39 is 39.0 Å². The zero-order valence-electron chi connectivity index (χ0n) is 13.9. The first-order valence-corrected chi connectivity index (χ1v) is 9.07. The molecule has 142 valence electrons.